The Morgan fingerprint density at radius 1 is 1.03 bits per heavy atom. The largest absolute Gasteiger partial charge is 0.357 e. The van der Waals surface area contributed by atoms with Crippen LogP contribution in [-0.4, -0.2) is 73.5 Å². The van der Waals surface area contributed by atoms with Gasteiger partial charge in [0.1, 0.15) is 0 Å². The summed E-state index contributed by atoms with van der Waals surface area (Å²) in [4.78, 5) is 21.4. The molecule has 2 rings (SSSR count). The average Bonchev–Trinajstić information content (AvgIpc) is 2.90. The number of hydrogen-bond donors (Lipinski definition) is 2. The van der Waals surface area contributed by atoms with Crippen LogP contribution in [0.1, 0.15) is 78.1 Å². The minimum atomic E-state index is 0. The Morgan fingerprint density at radius 3 is 2.66 bits per heavy atom. The molecule has 2 saturated heterocycles. The van der Waals surface area contributed by atoms with Crippen LogP contribution in [0.3, 0.4) is 0 Å². The van der Waals surface area contributed by atoms with Crippen LogP contribution in [0.15, 0.2) is 4.99 Å². The molecular weight excluding hydrogens is 477 g/mol. The number of rotatable bonds is 10. The minimum Gasteiger partial charge on any atom is -0.357 e. The van der Waals surface area contributed by atoms with Crippen LogP contribution in [0, 0.1) is 0 Å². The Labute approximate surface area is 195 Å². The predicted molar refractivity (Wildman–Crippen MR) is 133 cm³/mol. The van der Waals surface area contributed by atoms with Gasteiger partial charge in [-0.05, 0) is 71.9 Å². The van der Waals surface area contributed by atoms with Crippen LogP contribution in [0.5, 0.6) is 0 Å². The molecule has 29 heavy (non-hydrogen) atoms. The zero-order valence-electron chi connectivity index (χ0n) is 18.8. The van der Waals surface area contributed by atoms with Gasteiger partial charge in [-0.25, -0.2) is 0 Å². The zero-order valence-corrected chi connectivity index (χ0v) is 21.1. The Bertz CT molecular complexity index is 474. The molecule has 2 fully saturated rings. The van der Waals surface area contributed by atoms with E-state index in [2.05, 4.69) is 29.4 Å². The van der Waals surface area contributed by atoms with Gasteiger partial charge in [-0.15, -0.1) is 24.0 Å². The van der Waals surface area contributed by atoms with Crippen LogP contribution in [-0.2, 0) is 4.79 Å². The van der Waals surface area contributed by atoms with Crippen molar-refractivity contribution in [3.8, 4) is 0 Å². The Kier molecular flexibility index (Phi) is 14.8. The second kappa shape index (κ2) is 16.2. The third-order valence-electron chi connectivity index (χ3n) is 5.98. The van der Waals surface area contributed by atoms with Crippen molar-refractivity contribution in [1.29, 1.82) is 0 Å². The fourth-order valence-corrected chi connectivity index (χ4v) is 4.21. The zero-order chi connectivity index (χ0) is 20.0. The molecule has 2 aliphatic heterocycles. The van der Waals surface area contributed by atoms with Crippen molar-refractivity contribution in [3.63, 3.8) is 0 Å². The lowest BCUT2D eigenvalue weighted by Gasteiger charge is -2.33. The van der Waals surface area contributed by atoms with Gasteiger partial charge in [0.25, 0.3) is 0 Å². The summed E-state index contributed by atoms with van der Waals surface area (Å²) in [6.45, 7) is 11.4. The van der Waals surface area contributed by atoms with Crippen molar-refractivity contribution in [2.75, 3.05) is 45.8 Å². The van der Waals surface area contributed by atoms with Crippen molar-refractivity contribution in [2.45, 2.75) is 84.1 Å². The van der Waals surface area contributed by atoms with E-state index in [1.54, 1.807) is 0 Å². The van der Waals surface area contributed by atoms with Gasteiger partial charge in [0.05, 0.1) is 0 Å². The molecule has 0 radical (unpaired) electrons. The van der Waals surface area contributed by atoms with Crippen LogP contribution >= 0.6 is 24.0 Å². The molecule has 1 unspecified atom stereocenters. The molecule has 0 aromatic heterocycles. The fraction of sp³-hybridized carbons (Fsp3) is 0.909. The maximum atomic E-state index is 12.0. The summed E-state index contributed by atoms with van der Waals surface area (Å²) in [5.74, 6) is 1.24. The molecule has 2 heterocycles. The number of aliphatic imine (C=N–C) groups is 1. The van der Waals surface area contributed by atoms with E-state index in [0.717, 1.165) is 70.4 Å². The van der Waals surface area contributed by atoms with E-state index < -0.39 is 0 Å². The summed E-state index contributed by atoms with van der Waals surface area (Å²) < 4.78 is 0. The lowest BCUT2D eigenvalue weighted by atomic mass is 10.0. The highest BCUT2D eigenvalue weighted by Gasteiger charge is 2.17. The van der Waals surface area contributed by atoms with Crippen LogP contribution < -0.4 is 10.6 Å². The van der Waals surface area contributed by atoms with Crippen molar-refractivity contribution < 1.29 is 4.79 Å². The molecule has 0 aliphatic carbocycles. The highest BCUT2D eigenvalue weighted by molar-refractivity contribution is 14.0. The molecule has 6 nitrogen and oxygen atoms in total. The summed E-state index contributed by atoms with van der Waals surface area (Å²) >= 11 is 0. The smallest absolute Gasteiger partial charge is 0.222 e. The van der Waals surface area contributed by atoms with Crippen LogP contribution in [0.4, 0.5) is 0 Å². The first-order valence-corrected chi connectivity index (χ1v) is 11.7. The monoisotopic (exact) mass is 521 g/mol. The van der Waals surface area contributed by atoms with Gasteiger partial charge in [-0.2, -0.15) is 0 Å². The fourth-order valence-electron chi connectivity index (χ4n) is 4.21. The van der Waals surface area contributed by atoms with Gasteiger partial charge in [0.15, 0.2) is 5.96 Å². The maximum Gasteiger partial charge on any atom is 0.222 e. The summed E-state index contributed by atoms with van der Waals surface area (Å²) in [6, 6.07) is 0.761. The van der Waals surface area contributed by atoms with E-state index in [1.807, 2.05) is 4.90 Å². The minimum absolute atomic E-state index is 0. The van der Waals surface area contributed by atoms with Crippen molar-refractivity contribution >= 4 is 35.8 Å². The SMILES string of the molecule is CCNC(=NCCCN1CCCCCC1=O)NCCCCN1CCCCC1C.I. The Morgan fingerprint density at radius 2 is 1.86 bits per heavy atom. The number of nitrogens with zero attached hydrogens (tertiary/aromatic N) is 3. The van der Waals surface area contributed by atoms with Gasteiger partial charge in [-0.3, -0.25) is 9.79 Å². The first-order valence-electron chi connectivity index (χ1n) is 11.7. The van der Waals surface area contributed by atoms with Gasteiger partial charge in [0, 0.05) is 45.2 Å². The Balaban J connectivity index is 0.00000420. The van der Waals surface area contributed by atoms with E-state index in [1.165, 1.54) is 51.6 Å². The number of nitrogens with one attached hydrogen (secondary N) is 2. The average molecular weight is 522 g/mol. The lowest BCUT2D eigenvalue weighted by molar-refractivity contribution is -0.130. The number of unbranched alkanes of at least 4 members (excludes halogenated alkanes) is 1. The molecule has 170 valence electrons. The molecule has 1 atom stereocenters. The third-order valence-corrected chi connectivity index (χ3v) is 5.98. The van der Waals surface area contributed by atoms with Crippen molar-refractivity contribution in [3.05, 3.63) is 0 Å². The van der Waals surface area contributed by atoms with E-state index in [-0.39, 0.29) is 24.0 Å². The first-order chi connectivity index (χ1) is 13.7. The van der Waals surface area contributed by atoms with Gasteiger partial charge in [0.2, 0.25) is 5.91 Å². The molecule has 0 spiro atoms. The van der Waals surface area contributed by atoms with E-state index in [4.69, 9.17) is 4.99 Å². The summed E-state index contributed by atoms with van der Waals surface area (Å²) in [5.41, 5.74) is 0. The molecule has 2 aliphatic rings. The number of piperidine rings is 1. The molecule has 2 N–H and O–H groups in total. The lowest BCUT2D eigenvalue weighted by Crippen LogP contribution is -2.39. The normalized spacial score (nSPS) is 21.4. The van der Waals surface area contributed by atoms with Gasteiger partial charge in [-0.1, -0.05) is 12.8 Å². The number of carbonyl (C=O) groups is 1. The van der Waals surface area contributed by atoms with Crippen LogP contribution in [0.25, 0.3) is 0 Å². The predicted octanol–water partition coefficient (Wildman–Crippen LogP) is 3.61. The topological polar surface area (TPSA) is 60.0 Å². The second-order valence-corrected chi connectivity index (χ2v) is 8.32. The van der Waals surface area contributed by atoms with E-state index in [9.17, 15) is 4.79 Å². The number of amides is 1. The van der Waals surface area contributed by atoms with Crippen molar-refractivity contribution in [1.82, 2.24) is 20.4 Å². The highest BCUT2D eigenvalue weighted by Crippen LogP contribution is 2.16. The molecular formula is C22H44IN5O. The number of likely N-dealkylation sites (tertiary alicyclic amines) is 2. The highest BCUT2D eigenvalue weighted by atomic mass is 127. The molecule has 0 aromatic rings. The maximum absolute atomic E-state index is 12.0. The second-order valence-electron chi connectivity index (χ2n) is 8.32. The van der Waals surface area contributed by atoms with E-state index >= 15 is 0 Å². The molecule has 0 bridgehead atoms. The number of hydrogen-bond acceptors (Lipinski definition) is 3. The quantitative estimate of drug-likeness (QED) is 0.200. The third kappa shape index (κ3) is 10.9. The number of carbonyl (C=O) groups excluding carboxylic acids is 1. The summed E-state index contributed by atoms with van der Waals surface area (Å²) in [5, 5.41) is 6.80. The molecule has 1 amide bonds. The summed E-state index contributed by atoms with van der Waals surface area (Å²) in [6.07, 6.45) is 11.6. The van der Waals surface area contributed by atoms with E-state index in [0.29, 0.717) is 5.91 Å². The molecule has 0 saturated carbocycles. The first kappa shape index (κ1) is 26.5. The number of guanidine groups is 1. The van der Waals surface area contributed by atoms with Crippen LogP contribution in [0.2, 0.25) is 0 Å². The Hall–Kier alpha value is -0.570. The molecule has 0 aromatic carbocycles. The number of halogens is 1. The van der Waals surface area contributed by atoms with Gasteiger partial charge < -0.3 is 20.4 Å². The van der Waals surface area contributed by atoms with Crippen molar-refractivity contribution in [2.24, 2.45) is 4.99 Å². The standard InChI is InChI=1S/C22H43N5O.HI/c1-3-23-22(24-14-7-10-17-26-16-9-6-12-20(26)2)25-15-11-19-27-18-8-4-5-13-21(27)28;/h20H,3-19H2,1-2H3,(H2,23,24,25);1H. The van der Waals surface area contributed by atoms with Gasteiger partial charge >= 0.3 is 0 Å². The molecule has 7 heteroatoms. The summed E-state index contributed by atoms with van der Waals surface area (Å²) in [7, 11) is 0.